The summed E-state index contributed by atoms with van der Waals surface area (Å²) in [6.07, 6.45) is 3.69. The molecule has 20 heavy (non-hydrogen) atoms. The molecule has 0 spiro atoms. The Kier molecular flexibility index (Phi) is 3.91. The van der Waals surface area contributed by atoms with Crippen molar-refractivity contribution in [2.45, 2.75) is 32.2 Å². The van der Waals surface area contributed by atoms with Crippen molar-refractivity contribution < 1.29 is 0 Å². The smallest absolute Gasteiger partial charge is 0.0500 e. The molecule has 1 aliphatic carbocycles. The summed E-state index contributed by atoms with van der Waals surface area (Å²) in [5, 5.41) is 4.90. The Hall–Kier alpha value is -1.18. The highest BCUT2D eigenvalue weighted by molar-refractivity contribution is 6.35. The van der Waals surface area contributed by atoms with Crippen molar-refractivity contribution in [2.24, 2.45) is 0 Å². The van der Waals surface area contributed by atoms with E-state index < -0.39 is 0 Å². The molecule has 2 aromatic rings. The Labute approximate surface area is 129 Å². The Bertz CT molecular complexity index is 637. The third kappa shape index (κ3) is 2.79. The molecule has 0 amide bonds. The lowest BCUT2D eigenvalue weighted by Crippen LogP contribution is -2.07. The first kappa shape index (κ1) is 13.8. The first-order valence-corrected chi connectivity index (χ1v) is 7.72. The van der Waals surface area contributed by atoms with Crippen molar-refractivity contribution in [3.05, 3.63) is 63.1 Å². The predicted molar refractivity (Wildman–Crippen MR) is 87.0 cm³/mol. The van der Waals surface area contributed by atoms with E-state index in [0.29, 0.717) is 10.0 Å². The van der Waals surface area contributed by atoms with E-state index in [-0.39, 0.29) is 6.04 Å². The maximum Gasteiger partial charge on any atom is 0.0500 e. The van der Waals surface area contributed by atoms with E-state index in [9.17, 15) is 0 Å². The lowest BCUT2D eigenvalue weighted by molar-refractivity contribution is 0.884. The van der Waals surface area contributed by atoms with Crippen LogP contribution in [-0.2, 0) is 12.8 Å². The molecule has 1 aliphatic rings. The van der Waals surface area contributed by atoms with Crippen molar-refractivity contribution in [3.63, 3.8) is 0 Å². The molecule has 0 saturated heterocycles. The average molecular weight is 306 g/mol. The highest BCUT2D eigenvalue weighted by Crippen LogP contribution is 2.30. The van der Waals surface area contributed by atoms with Gasteiger partial charge < -0.3 is 5.32 Å². The number of hydrogen-bond acceptors (Lipinski definition) is 1. The first-order chi connectivity index (χ1) is 9.63. The summed E-state index contributed by atoms with van der Waals surface area (Å²) < 4.78 is 0. The predicted octanol–water partition coefficient (Wildman–Crippen LogP) is 5.66. The number of aryl methyl sites for hydroxylation is 2. The van der Waals surface area contributed by atoms with Crippen molar-refractivity contribution in [1.29, 1.82) is 0 Å². The van der Waals surface area contributed by atoms with Crippen molar-refractivity contribution >= 4 is 28.9 Å². The zero-order chi connectivity index (χ0) is 14.1. The lowest BCUT2D eigenvalue weighted by Gasteiger charge is -2.18. The fraction of sp³-hybridized carbons (Fsp3) is 0.294. The zero-order valence-corrected chi connectivity index (χ0v) is 12.9. The van der Waals surface area contributed by atoms with Crippen LogP contribution in [0, 0.1) is 0 Å². The molecule has 1 atom stereocenters. The molecular weight excluding hydrogens is 289 g/mol. The second-order valence-corrected chi connectivity index (χ2v) is 6.21. The van der Waals surface area contributed by atoms with Crippen LogP contribution in [0.3, 0.4) is 0 Å². The number of benzene rings is 2. The van der Waals surface area contributed by atoms with Gasteiger partial charge in [-0.15, -0.1) is 0 Å². The molecule has 1 N–H and O–H groups in total. The van der Waals surface area contributed by atoms with Crippen LogP contribution >= 0.6 is 23.2 Å². The molecule has 0 bridgehead atoms. The Morgan fingerprint density at radius 3 is 2.60 bits per heavy atom. The van der Waals surface area contributed by atoms with Crippen molar-refractivity contribution in [2.75, 3.05) is 5.32 Å². The number of halogens is 2. The van der Waals surface area contributed by atoms with Gasteiger partial charge in [-0.3, -0.25) is 0 Å². The summed E-state index contributed by atoms with van der Waals surface area (Å²) in [5.74, 6) is 0. The van der Waals surface area contributed by atoms with Gasteiger partial charge >= 0.3 is 0 Å². The fourth-order valence-electron chi connectivity index (χ4n) is 2.84. The molecule has 0 aromatic heterocycles. The molecule has 1 nitrogen and oxygen atoms in total. The van der Waals surface area contributed by atoms with Crippen molar-refractivity contribution in [1.82, 2.24) is 0 Å². The third-order valence-corrected chi connectivity index (χ3v) is 4.47. The van der Waals surface area contributed by atoms with Crippen molar-refractivity contribution in [3.8, 4) is 0 Å². The highest BCUT2D eigenvalue weighted by Gasteiger charge is 2.13. The summed E-state index contributed by atoms with van der Waals surface area (Å²) in [6, 6.07) is 12.5. The van der Waals surface area contributed by atoms with Gasteiger partial charge in [0.2, 0.25) is 0 Å². The van der Waals surface area contributed by atoms with E-state index >= 15 is 0 Å². The Morgan fingerprint density at radius 2 is 1.80 bits per heavy atom. The molecule has 0 radical (unpaired) electrons. The molecule has 0 heterocycles. The summed E-state index contributed by atoms with van der Waals surface area (Å²) in [6.45, 7) is 2.11. The normalized spacial score (nSPS) is 14.9. The number of fused-ring (bicyclic) bond motifs is 1. The topological polar surface area (TPSA) is 12.0 Å². The van der Waals surface area contributed by atoms with Crippen LogP contribution in [0.25, 0.3) is 0 Å². The monoisotopic (exact) mass is 305 g/mol. The van der Waals surface area contributed by atoms with Crippen LogP contribution in [0.2, 0.25) is 10.0 Å². The maximum atomic E-state index is 6.26. The average Bonchev–Trinajstić information content (AvgIpc) is 2.85. The van der Waals surface area contributed by atoms with Gasteiger partial charge in [0, 0.05) is 21.8 Å². The molecule has 104 valence electrons. The lowest BCUT2D eigenvalue weighted by atomic mass is 10.1. The zero-order valence-electron chi connectivity index (χ0n) is 11.4. The molecule has 1 unspecified atom stereocenters. The van der Waals surface area contributed by atoms with E-state index in [1.54, 1.807) is 6.07 Å². The number of hydrogen-bond donors (Lipinski definition) is 1. The summed E-state index contributed by atoms with van der Waals surface area (Å²) >= 11 is 12.2. The van der Waals surface area contributed by atoms with Gasteiger partial charge in [0.1, 0.15) is 0 Å². The highest BCUT2D eigenvalue weighted by atomic mass is 35.5. The summed E-state index contributed by atoms with van der Waals surface area (Å²) in [7, 11) is 0. The minimum Gasteiger partial charge on any atom is -0.378 e. The van der Waals surface area contributed by atoms with Gasteiger partial charge in [0.25, 0.3) is 0 Å². The molecule has 0 fully saturated rings. The molecular formula is C17H17Cl2N. The number of nitrogens with one attached hydrogen (secondary N) is 1. The van der Waals surface area contributed by atoms with Gasteiger partial charge in [-0.1, -0.05) is 35.3 Å². The third-order valence-electron chi connectivity index (χ3n) is 3.91. The van der Waals surface area contributed by atoms with Gasteiger partial charge in [-0.05, 0) is 67.1 Å². The van der Waals surface area contributed by atoms with Gasteiger partial charge in [0.05, 0.1) is 0 Å². The SMILES string of the molecule is CC(Nc1ccc2c(c1)CCC2)c1ccc(Cl)cc1Cl. The van der Waals surface area contributed by atoms with E-state index in [4.69, 9.17) is 23.2 Å². The molecule has 3 heteroatoms. The second-order valence-electron chi connectivity index (χ2n) is 5.37. The summed E-state index contributed by atoms with van der Waals surface area (Å²) in [4.78, 5) is 0. The number of rotatable bonds is 3. The van der Waals surface area contributed by atoms with Crippen LogP contribution < -0.4 is 5.32 Å². The maximum absolute atomic E-state index is 6.26. The molecule has 0 saturated carbocycles. The summed E-state index contributed by atoms with van der Waals surface area (Å²) in [5.41, 5.74) is 5.19. The van der Waals surface area contributed by atoms with E-state index in [1.165, 1.54) is 30.4 Å². The molecule has 2 aromatic carbocycles. The minimum absolute atomic E-state index is 0.152. The van der Waals surface area contributed by atoms with Crippen LogP contribution in [0.15, 0.2) is 36.4 Å². The van der Waals surface area contributed by atoms with Gasteiger partial charge in [-0.2, -0.15) is 0 Å². The molecule has 3 rings (SSSR count). The van der Waals surface area contributed by atoms with E-state index in [0.717, 1.165) is 11.3 Å². The molecule has 0 aliphatic heterocycles. The quantitative estimate of drug-likeness (QED) is 0.772. The standard InChI is InChI=1S/C17H17Cl2N/c1-11(16-8-6-14(18)10-17(16)19)20-15-7-5-12-3-2-4-13(12)9-15/h5-11,20H,2-4H2,1H3. The van der Waals surface area contributed by atoms with Gasteiger partial charge in [-0.25, -0.2) is 0 Å². The van der Waals surface area contributed by atoms with Gasteiger partial charge in [0.15, 0.2) is 0 Å². The van der Waals surface area contributed by atoms with Crippen LogP contribution in [-0.4, -0.2) is 0 Å². The van der Waals surface area contributed by atoms with Crippen LogP contribution in [0.1, 0.15) is 36.1 Å². The largest absolute Gasteiger partial charge is 0.378 e. The Morgan fingerprint density at radius 1 is 1.00 bits per heavy atom. The first-order valence-electron chi connectivity index (χ1n) is 6.97. The number of anilines is 1. The fourth-order valence-corrected chi connectivity index (χ4v) is 3.41. The van der Waals surface area contributed by atoms with Crippen LogP contribution in [0.4, 0.5) is 5.69 Å². The second kappa shape index (κ2) is 5.67. The van der Waals surface area contributed by atoms with Crippen LogP contribution in [0.5, 0.6) is 0 Å². The van der Waals surface area contributed by atoms with E-state index in [1.807, 2.05) is 12.1 Å². The minimum atomic E-state index is 0.152. The van der Waals surface area contributed by atoms with E-state index in [2.05, 4.69) is 30.4 Å². The Balaban J connectivity index is 1.80.